The first-order valence-corrected chi connectivity index (χ1v) is 11.9. The molecule has 1 aliphatic heterocycles. The summed E-state index contributed by atoms with van der Waals surface area (Å²) in [7, 11) is 0. The number of piperazine rings is 1. The molecule has 3 heterocycles. The Hall–Kier alpha value is -2.67. The van der Waals surface area contributed by atoms with Crippen molar-refractivity contribution in [3.05, 3.63) is 93.7 Å². The maximum absolute atomic E-state index is 13.7. The number of hydrogen-bond acceptors (Lipinski definition) is 3. The smallest absolute Gasteiger partial charge is 0.270 e. The lowest BCUT2D eigenvalue weighted by Gasteiger charge is -2.35. The number of carbonyl (C=O) groups excluding carboxylic acids is 1. The van der Waals surface area contributed by atoms with E-state index in [1.807, 2.05) is 57.3 Å². The zero-order chi connectivity index (χ0) is 22.1. The Kier molecular flexibility index (Phi) is 6.00. The van der Waals surface area contributed by atoms with Crippen LogP contribution in [0.25, 0.3) is 10.2 Å². The number of carbonyl (C=O) groups is 1. The molecule has 2 aromatic carbocycles. The van der Waals surface area contributed by atoms with Crippen LogP contribution >= 0.6 is 22.9 Å². The van der Waals surface area contributed by atoms with Crippen LogP contribution in [0.2, 0.25) is 5.02 Å². The normalized spacial score (nSPS) is 14.9. The molecule has 7 heteroatoms. The van der Waals surface area contributed by atoms with Gasteiger partial charge in [-0.3, -0.25) is 9.69 Å². The zero-order valence-electron chi connectivity index (χ0n) is 17.5. The summed E-state index contributed by atoms with van der Waals surface area (Å²) < 4.78 is 16.8. The van der Waals surface area contributed by atoms with Gasteiger partial charge in [-0.15, -0.1) is 11.3 Å². The highest BCUT2D eigenvalue weighted by atomic mass is 35.5. The molecule has 0 aliphatic carbocycles. The van der Waals surface area contributed by atoms with Gasteiger partial charge in [0.2, 0.25) is 0 Å². The van der Waals surface area contributed by atoms with E-state index in [0.717, 1.165) is 40.4 Å². The van der Waals surface area contributed by atoms with Crippen LogP contribution < -0.4 is 0 Å². The van der Waals surface area contributed by atoms with Crippen molar-refractivity contribution in [2.45, 2.75) is 13.1 Å². The second-order valence-electron chi connectivity index (χ2n) is 8.11. The van der Waals surface area contributed by atoms with Crippen molar-refractivity contribution in [1.82, 2.24) is 14.4 Å². The van der Waals surface area contributed by atoms with Crippen LogP contribution in [-0.2, 0) is 13.1 Å². The first-order valence-electron chi connectivity index (χ1n) is 10.6. The van der Waals surface area contributed by atoms with Crippen LogP contribution in [0.5, 0.6) is 0 Å². The average Bonchev–Trinajstić information content (AvgIpc) is 3.38. The molecular formula is C25H23ClFN3OS. The van der Waals surface area contributed by atoms with Crippen LogP contribution in [0.3, 0.4) is 0 Å². The molecule has 0 atom stereocenters. The van der Waals surface area contributed by atoms with E-state index in [1.165, 1.54) is 17.7 Å². The highest BCUT2D eigenvalue weighted by Gasteiger charge is 2.25. The summed E-state index contributed by atoms with van der Waals surface area (Å²) in [5, 5.41) is 2.77. The second-order valence-corrected chi connectivity index (χ2v) is 9.49. The minimum absolute atomic E-state index is 0.0379. The predicted octanol–water partition coefficient (Wildman–Crippen LogP) is 5.50. The molecule has 0 radical (unpaired) electrons. The zero-order valence-corrected chi connectivity index (χ0v) is 19.1. The maximum atomic E-state index is 13.7. The van der Waals surface area contributed by atoms with Crippen molar-refractivity contribution in [2.24, 2.45) is 0 Å². The minimum Gasteiger partial charge on any atom is -0.335 e. The van der Waals surface area contributed by atoms with Gasteiger partial charge < -0.3 is 9.47 Å². The van der Waals surface area contributed by atoms with E-state index in [4.69, 9.17) is 11.6 Å². The fourth-order valence-corrected chi connectivity index (χ4v) is 5.21. The molecule has 0 unspecified atom stereocenters. The van der Waals surface area contributed by atoms with Gasteiger partial charge in [0.05, 0.1) is 10.2 Å². The number of rotatable bonds is 5. The Labute approximate surface area is 195 Å². The summed E-state index contributed by atoms with van der Waals surface area (Å²) in [5.41, 5.74) is 3.75. The Morgan fingerprint density at radius 1 is 0.938 bits per heavy atom. The van der Waals surface area contributed by atoms with Gasteiger partial charge in [0.15, 0.2) is 0 Å². The number of aromatic nitrogens is 1. The Balaban J connectivity index is 1.31. The van der Waals surface area contributed by atoms with Gasteiger partial charge in [-0.05, 0) is 52.9 Å². The molecule has 0 N–H and O–H groups in total. The molecule has 0 saturated carbocycles. The Morgan fingerprint density at radius 3 is 2.47 bits per heavy atom. The SMILES string of the molecule is O=C(c1cc2sccc2n1Cc1cccc(F)c1)N1CCN(Cc2ccc(Cl)cc2)CC1. The number of hydrogen-bond donors (Lipinski definition) is 0. The number of thiophene rings is 1. The third kappa shape index (κ3) is 4.44. The number of nitrogens with zero attached hydrogens (tertiary/aromatic N) is 3. The van der Waals surface area contributed by atoms with Gasteiger partial charge in [-0.25, -0.2) is 4.39 Å². The first kappa shape index (κ1) is 21.2. The molecule has 1 saturated heterocycles. The van der Waals surface area contributed by atoms with E-state index in [2.05, 4.69) is 4.90 Å². The van der Waals surface area contributed by atoms with E-state index in [9.17, 15) is 9.18 Å². The average molecular weight is 468 g/mol. The van der Waals surface area contributed by atoms with E-state index in [0.29, 0.717) is 25.3 Å². The Morgan fingerprint density at radius 2 is 1.72 bits per heavy atom. The predicted molar refractivity (Wildman–Crippen MR) is 128 cm³/mol. The number of halogens is 2. The van der Waals surface area contributed by atoms with E-state index in [-0.39, 0.29) is 11.7 Å². The largest absolute Gasteiger partial charge is 0.335 e. The van der Waals surface area contributed by atoms with Crippen LogP contribution in [0.1, 0.15) is 21.6 Å². The first-order chi connectivity index (χ1) is 15.6. The van der Waals surface area contributed by atoms with Crippen molar-refractivity contribution in [3.8, 4) is 0 Å². The highest BCUT2D eigenvalue weighted by molar-refractivity contribution is 7.17. The molecule has 32 heavy (non-hydrogen) atoms. The summed E-state index contributed by atoms with van der Waals surface area (Å²) in [6, 6.07) is 18.5. The molecular weight excluding hydrogens is 445 g/mol. The highest BCUT2D eigenvalue weighted by Crippen LogP contribution is 2.27. The van der Waals surface area contributed by atoms with Gasteiger partial charge in [0.25, 0.3) is 5.91 Å². The molecule has 5 rings (SSSR count). The Bertz CT molecular complexity index is 1240. The molecule has 4 nitrogen and oxygen atoms in total. The lowest BCUT2D eigenvalue weighted by atomic mass is 10.2. The monoisotopic (exact) mass is 467 g/mol. The van der Waals surface area contributed by atoms with Crippen LogP contribution in [0.4, 0.5) is 4.39 Å². The fraction of sp³-hybridized carbons (Fsp3) is 0.240. The van der Waals surface area contributed by atoms with Gasteiger partial charge in [0.1, 0.15) is 11.5 Å². The van der Waals surface area contributed by atoms with Crippen LogP contribution in [0, 0.1) is 5.82 Å². The summed E-state index contributed by atoms with van der Waals surface area (Å²) in [6.07, 6.45) is 0. The molecule has 1 aliphatic rings. The minimum atomic E-state index is -0.263. The fourth-order valence-electron chi connectivity index (χ4n) is 4.26. The summed E-state index contributed by atoms with van der Waals surface area (Å²) in [5.74, 6) is -0.225. The van der Waals surface area contributed by atoms with Gasteiger partial charge in [0, 0.05) is 44.3 Å². The van der Waals surface area contributed by atoms with Crippen molar-refractivity contribution >= 4 is 39.1 Å². The molecule has 4 aromatic rings. The summed E-state index contributed by atoms with van der Waals surface area (Å²) in [4.78, 5) is 17.7. The molecule has 2 aromatic heterocycles. The van der Waals surface area contributed by atoms with E-state index < -0.39 is 0 Å². The summed E-state index contributed by atoms with van der Waals surface area (Å²) >= 11 is 7.60. The van der Waals surface area contributed by atoms with E-state index in [1.54, 1.807) is 17.4 Å². The van der Waals surface area contributed by atoms with Crippen molar-refractivity contribution < 1.29 is 9.18 Å². The number of benzene rings is 2. The standard InChI is InChI=1S/C25H23ClFN3OS/c26-20-6-4-18(5-7-20)16-28-9-11-29(12-10-28)25(31)23-15-24-22(8-13-32-24)30(23)17-19-2-1-3-21(27)14-19/h1-8,13-15H,9-12,16-17H2. The lowest BCUT2D eigenvalue weighted by molar-refractivity contribution is 0.0619. The van der Waals surface area contributed by atoms with Gasteiger partial charge in [-0.2, -0.15) is 0 Å². The lowest BCUT2D eigenvalue weighted by Crippen LogP contribution is -2.48. The van der Waals surface area contributed by atoms with Crippen molar-refractivity contribution in [1.29, 1.82) is 0 Å². The molecule has 0 bridgehead atoms. The van der Waals surface area contributed by atoms with Gasteiger partial charge in [-0.1, -0.05) is 35.9 Å². The van der Waals surface area contributed by atoms with Crippen molar-refractivity contribution in [2.75, 3.05) is 26.2 Å². The number of fused-ring (bicyclic) bond motifs is 1. The van der Waals surface area contributed by atoms with Gasteiger partial charge >= 0.3 is 0 Å². The van der Waals surface area contributed by atoms with E-state index >= 15 is 0 Å². The third-order valence-electron chi connectivity index (χ3n) is 5.95. The molecule has 0 spiro atoms. The topological polar surface area (TPSA) is 28.5 Å². The van der Waals surface area contributed by atoms with Crippen LogP contribution in [0.15, 0.2) is 66.0 Å². The second kappa shape index (κ2) is 9.06. The molecule has 164 valence electrons. The maximum Gasteiger partial charge on any atom is 0.270 e. The van der Waals surface area contributed by atoms with Crippen LogP contribution in [-0.4, -0.2) is 46.5 Å². The molecule has 1 amide bonds. The quantitative estimate of drug-likeness (QED) is 0.387. The molecule has 1 fully saturated rings. The van der Waals surface area contributed by atoms with Crippen molar-refractivity contribution in [3.63, 3.8) is 0 Å². The number of amides is 1. The third-order valence-corrected chi connectivity index (χ3v) is 7.06. The summed E-state index contributed by atoms with van der Waals surface area (Å²) in [6.45, 7) is 4.34.